The average molecular weight is 248 g/mol. The predicted octanol–water partition coefficient (Wildman–Crippen LogP) is 0.596. The second kappa shape index (κ2) is 6.07. The predicted molar refractivity (Wildman–Crippen MR) is 57.9 cm³/mol. The normalized spacial score (nSPS) is 8.94. The summed E-state index contributed by atoms with van der Waals surface area (Å²) in [5, 5.41) is 0. The van der Waals surface area contributed by atoms with Crippen molar-refractivity contribution in [1.29, 1.82) is 0 Å². The van der Waals surface area contributed by atoms with Crippen molar-refractivity contribution in [1.82, 2.24) is 0 Å². The molecule has 7 nitrogen and oxygen atoms in total. The highest BCUT2D eigenvalue weighted by Crippen LogP contribution is 2.19. The van der Waals surface area contributed by atoms with Crippen LogP contribution in [0, 0.1) is 0 Å². The molecule has 0 aliphatic carbocycles. The quantitative estimate of drug-likeness (QED) is 0.194. The lowest BCUT2D eigenvalue weighted by atomic mass is 10.2. The summed E-state index contributed by atoms with van der Waals surface area (Å²) in [4.78, 5) is 35.7. The SMILES string of the molecule is CC(=O)Oc1ccccc1C(=O)OC(=O)C=[N+]=[N-]. The Labute approximate surface area is 102 Å². The van der Waals surface area contributed by atoms with Gasteiger partial charge in [0.05, 0.1) is 0 Å². The molecule has 0 saturated carbocycles. The van der Waals surface area contributed by atoms with E-state index in [1.54, 1.807) is 6.07 Å². The lowest BCUT2D eigenvalue weighted by Crippen LogP contribution is -2.15. The van der Waals surface area contributed by atoms with Crippen LogP contribution in [0.5, 0.6) is 5.75 Å². The Hall–Kier alpha value is -2.79. The summed E-state index contributed by atoms with van der Waals surface area (Å²) in [6, 6.07) is 5.76. The molecule has 0 amide bonds. The number of carbonyl (C=O) groups excluding carboxylic acids is 3. The summed E-state index contributed by atoms with van der Waals surface area (Å²) in [5.41, 5.74) is 7.99. The zero-order valence-corrected chi connectivity index (χ0v) is 9.32. The van der Waals surface area contributed by atoms with Gasteiger partial charge in [-0.05, 0) is 12.1 Å². The van der Waals surface area contributed by atoms with Crippen LogP contribution in [-0.2, 0) is 14.3 Å². The number of carbonyl (C=O) groups is 3. The summed E-state index contributed by atoms with van der Waals surface area (Å²) in [5.74, 6) is -2.79. The number of hydrogen-bond donors (Lipinski definition) is 0. The number of nitrogens with zero attached hydrogens (tertiary/aromatic N) is 2. The molecular weight excluding hydrogens is 240 g/mol. The molecule has 0 aliphatic rings. The van der Waals surface area contributed by atoms with Gasteiger partial charge in [0.1, 0.15) is 11.3 Å². The summed E-state index contributed by atoms with van der Waals surface area (Å²) in [6.07, 6.45) is 0.423. The third-order valence-electron chi connectivity index (χ3n) is 1.72. The maximum Gasteiger partial charge on any atom is 0.421 e. The first-order chi connectivity index (χ1) is 8.54. The third-order valence-corrected chi connectivity index (χ3v) is 1.72. The molecule has 1 aromatic rings. The summed E-state index contributed by atoms with van der Waals surface area (Å²) >= 11 is 0. The van der Waals surface area contributed by atoms with Gasteiger partial charge in [-0.2, -0.15) is 4.79 Å². The topological polar surface area (TPSA) is 106 Å². The van der Waals surface area contributed by atoms with Crippen LogP contribution in [0.2, 0.25) is 0 Å². The van der Waals surface area contributed by atoms with E-state index in [1.807, 2.05) is 0 Å². The molecule has 1 aromatic carbocycles. The van der Waals surface area contributed by atoms with Crippen LogP contribution in [0.3, 0.4) is 0 Å². The van der Waals surface area contributed by atoms with E-state index < -0.39 is 17.9 Å². The Morgan fingerprint density at radius 1 is 1.28 bits per heavy atom. The van der Waals surface area contributed by atoms with Crippen molar-refractivity contribution in [2.75, 3.05) is 0 Å². The molecular formula is C11H8N2O5. The second-order valence-electron chi connectivity index (χ2n) is 3.04. The number of esters is 3. The zero-order valence-electron chi connectivity index (χ0n) is 9.32. The van der Waals surface area contributed by atoms with Crippen LogP contribution in [-0.4, -0.2) is 28.9 Å². The van der Waals surface area contributed by atoms with Gasteiger partial charge in [-0.25, -0.2) is 9.59 Å². The summed E-state index contributed by atoms with van der Waals surface area (Å²) in [7, 11) is 0. The molecule has 0 N–H and O–H groups in total. The lowest BCUT2D eigenvalue weighted by molar-refractivity contribution is -0.133. The fourth-order valence-corrected chi connectivity index (χ4v) is 1.10. The Morgan fingerprint density at radius 2 is 1.94 bits per heavy atom. The van der Waals surface area contributed by atoms with Crippen molar-refractivity contribution >= 4 is 24.1 Å². The number of ether oxygens (including phenoxy) is 2. The van der Waals surface area contributed by atoms with Crippen molar-refractivity contribution in [3.8, 4) is 5.75 Å². The van der Waals surface area contributed by atoms with Gasteiger partial charge in [0.25, 0.3) is 0 Å². The van der Waals surface area contributed by atoms with Gasteiger partial charge in [-0.1, -0.05) is 12.1 Å². The molecule has 0 spiro atoms. The van der Waals surface area contributed by atoms with E-state index in [1.165, 1.54) is 25.1 Å². The molecule has 0 unspecified atom stereocenters. The van der Waals surface area contributed by atoms with Crippen molar-refractivity contribution < 1.29 is 28.6 Å². The molecule has 0 heterocycles. The smallest absolute Gasteiger partial charge is 0.421 e. The highest BCUT2D eigenvalue weighted by molar-refractivity contribution is 6.24. The molecule has 0 aromatic heterocycles. The zero-order chi connectivity index (χ0) is 13.5. The Kier molecular flexibility index (Phi) is 4.48. The third kappa shape index (κ3) is 3.66. The highest BCUT2D eigenvalue weighted by atomic mass is 16.6. The van der Waals surface area contributed by atoms with Gasteiger partial charge in [-0.3, -0.25) is 4.79 Å². The van der Waals surface area contributed by atoms with Crippen molar-refractivity contribution in [3.05, 3.63) is 35.4 Å². The summed E-state index contributed by atoms with van der Waals surface area (Å²) < 4.78 is 9.09. The number of rotatable bonds is 3. The largest absolute Gasteiger partial charge is 0.426 e. The maximum absolute atomic E-state index is 11.6. The molecule has 1 rings (SSSR count). The summed E-state index contributed by atoms with van der Waals surface area (Å²) in [6.45, 7) is 1.17. The number of benzene rings is 1. The van der Waals surface area contributed by atoms with E-state index >= 15 is 0 Å². The molecule has 0 bridgehead atoms. The molecule has 0 radical (unpaired) electrons. The average Bonchev–Trinajstić information content (AvgIpc) is 2.28. The van der Waals surface area contributed by atoms with E-state index in [9.17, 15) is 14.4 Å². The Morgan fingerprint density at radius 3 is 2.56 bits per heavy atom. The van der Waals surface area contributed by atoms with Crippen LogP contribution >= 0.6 is 0 Å². The van der Waals surface area contributed by atoms with Gasteiger partial charge in [-0.15, -0.1) is 0 Å². The molecule has 0 atom stereocenters. The van der Waals surface area contributed by atoms with Crippen LogP contribution in [0.4, 0.5) is 0 Å². The molecule has 7 heteroatoms. The van der Waals surface area contributed by atoms with Crippen molar-refractivity contribution in [2.45, 2.75) is 6.92 Å². The monoisotopic (exact) mass is 248 g/mol. The standard InChI is InChI=1S/C11H8N2O5/c1-7(14)17-9-5-3-2-4-8(9)11(16)18-10(15)6-13-12/h2-6H,1H3. The van der Waals surface area contributed by atoms with Gasteiger partial charge in [0.2, 0.25) is 0 Å². The minimum Gasteiger partial charge on any atom is -0.426 e. The first-order valence-electron chi connectivity index (χ1n) is 4.75. The molecule has 0 saturated heterocycles. The van der Waals surface area contributed by atoms with Gasteiger partial charge >= 0.3 is 24.1 Å². The maximum atomic E-state index is 11.6. The van der Waals surface area contributed by atoms with Gasteiger partial charge in [0.15, 0.2) is 0 Å². The number of para-hydroxylation sites is 1. The van der Waals surface area contributed by atoms with Gasteiger partial charge < -0.3 is 15.0 Å². The Bertz CT molecular complexity index is 546. The molecule has 92 valence electrons. The van der Waals surface area contributed by atoms with Crippen LogP contribution in [0.15, 0.2) is 24.3 Å². The lowest BCUT2D eigenvalue weighted by Gasteiger charge is -2.06. The fraction of sp³-hybridized carbons (Fsp3) is 0.0909. The molecule has 18 heavy (non-hydrogen) atoms. The first-order valence-corrected chi connectivity index (χ1v) is 4.75. The van der Waals surface area contributed by atoms with Crippen molar-refractivity contribution in [3.63, 3.8) is 0 Å². The molecule has 0 fully saturated rings. The second-order valence-corrected chi connectivity index (χ2v) is 3.04. The first kappa shape index (κ1) is 13.3. The van der Waals surface area contributed by atoms with Gasteiger partial charge in [0, 0.05) is 6.92 Å². The van der Waals surface area contributed by atoms with E-state index in [-0.39, 0.29) is 11.3 Å². The van der Waals surface area contributed by atoms with E-state index in [2.05, 4.69) is 9.53 Å². The highest BCUT2D eigenvalue weighted by Gasteiger charge is 2.18. The van der Waals surface area contributed by atoms with Crippen LogP contribution < -0.4 is 4.74 Å². The number of hydrogen-bond acceptors (Lipinski definition) is 5. The van der Waals surface area contributed by atoms with Crippen LogP contribution in [0.1, 0.15) is 17.3 Å². The van der Waals surface area contributed by atoms with Crippen LogP contribution in [0.25, 0.3) is 5.53 Å². The molecule has 0 aliphatic heterocycles. The minimum atomic E-state index is -1.14. The minimum absolute atomic E-state index is 0.0243. The van der Waals surface area contributed by atoms with Crippen molar-refractivity contribution in [2.24, 2.45) is 0 Å². The van der Waals surface area contributed by atoms with E-state index in [0.717, 1.165) is 0 Å². The Balaban J connectivity index is 2.94. The fourth-order valence-electron chi connectivity index (χ4n) is 1.10. The van der Waals surface area contributed by atoms with E-state index in [0.29, 0.717) is 6.21 Å². The van der Waals surface area contributed by atoms with E-state index in [4.69, 9.17) is 10.3 Å².